The number of benzene rings is 3. The monoisotopic (exact) mass is 697 g/mol. The van der Waals surface area contributed by atoms with Crippen LogP contribution in [0.3, 0.4) is 0 Å². The number of nitrogens with one attached hydrogen (secondary N) is 2. The van der Waals surface area contributed by atoms with Gasteiger partial charge >= 0.3 is 0 Å². The number of nitrogens with two attached hydrogens (primary N) is 1. The molecular weight excluding hydrogens is 656 g/mol. The van der Waals surface area contributed by atoms with E-state index in [-0.39, 0.29) is 47.7 Å². The van der Waals surface area contributed by atoms with Crippen LogP contribution in [0.2, 0.25) is 0 Å². The highest BCUT2D eigenvalue weighted by molar-refractivity contribution is 7.92. The smallest absolute Gasteiger partial charge is 0.254 e. The van der Waals surface area contributed by atoms with Gasteiger partial charge in [-0.3, -0.25) is 14.3 Å². The predicted molar refractivity (Wildman–Crippen MR) is 182 cm³/mol. The summed E-state index contributed by atoms with van der Waals surface area (Å²) >= 11 is 0. The Morgan fingerprint density at radius 1 is 1.00 bits per heavy atom. The SMILES string of the molecule is CCCN(CCC)C(=O)c1cc(-c2ncco2)cc(C(N)=O)c1[C@H](Cc1cc(F)cc(F)c1)[C@@H](O)CNCc1cccc(NS(C)(=O)=O)c1. The molecule has 0 radical (unpaired) electrons. The molecule has 2 atom stereocenters. The predicted octanol–water partition coefficient (Wildman–Crippen LogP) is 4.83. The summed E-state index contributed by atoms with van der Waals surface area (Å²) in [4.78, 5) is 33.3. The lowest BCUT2D eigenvalue weighted by molar-refractivity contribution is 0.0751. The Bertz CT molecular complexity index is 1840. The van der Waals surface area contributed by atoms with Gasteiger partial charge < -0.3 is 25.5 Å². The van der Waals surface area contributed by atoms with E-state index in [0.29, 0.717) is 42.7 Å². The van der Waals surface area contributed by atoms with Gasteiger partial charge in [0.05, 0.1) is 18.6 Å². The topological polar surface area (TPSA) is 168 Å². The molecule has 2 amide bonds. The average molecular weight is 698 g/mol. The first-order valence-corrected chi connectivity index (χ1v) is 17.8. The summed E-state index contributed by atoms with van der Waals surface area (Å²) in [6.07, 6.45) is 3.64. The second-order valence-electron chi connectivity index (χ2n) is 11.8. The second-order valence-corrected chi connectivity index (χ2v) is 13.6. The van der Waals surface area contributed by atoms with Gasteiger partial charge in [0.25, 0.3) is 5.91 Å². The molecule has 0 saturated carbocycles. The van der Waals surface area contributed by atoms with Gasteiger partial charge in [-0.15, -0.1) is 0 Å². The molecule has 11 nitrogen and oxygen atoms in total. The van der Waals surface area contributed by atoms with Crippen molar-refractivity contribution in [3.05, 3.63) is 107 Å². The molecule has 3 aromatic carbocycles. The number of aromatic nitrogens is 1. The van der Waals surface area contributed by atoms with Crippen LogP contribution in [0.1, 0.15) is 70.0 Å². The van der Waals surface area contributed by atoms with Crippen LogP contribution in [0.4, 0.5) is 14.5 Å². The summed E-state index contributed by atoms with van der Waals surface area (Å²) in [6, 6.07) is 12.6. The highest BCUT2D eigenvalue weighted by atomic mass is 32.2. The third kappa shape index (κ3) is 10.2. The van der Waals surface area contributed by atoms with Gasteiger partial charge in [0.2, 0.25) is 21.8 Å². The van der Waals surface area contributed by atoms with E-state index in [1.807, 2.05) is 13.8 Å². The molecule has 0 unspecified atom stereocenters. The largest absolute Gasteiger partial charge is 0.445 e. The number of nitrogens with zero attached hydrogens (tertiary/aromatic N) is 2. The zero-order valence-corrected chi connectivity index (χ0v) is 28.4. The van der Waals surface area contributed by atoms with Crippen molar-refractivity contribution in [1.29, 1.82) is 0 Å². The minimum absolute atomic E-state index is 0.0758. The van der Waals surface area contributed by atoms with Crippen molar-refractivity contribution in [3.63, 3.8) is 0 Å². The first-order valence-electron chi connectivity index (χ1n) is 15.9. The molecule has 49 heavy (non-hydrogen) atoms. The Labute approximate surface area is 284 Å². The zero-order chi connectivity index (χ0) is 35.7. The van der Waals surface area contributed by atoms with Gasteiger partial charge in [-0.25, -0.2) is 22.2 Å². The number of carbonyl (C=O) groups is 2. The van der Waals surface area contributed by atoms with Gasteiger partial charge in [0.1, 0.15) is 17.9 Å². The lowest BCUT2D eigenvalue weighted by atomic mass is 9.80. The number of hydrogen-bond donors (Lipinski definition) is 4. The van der Waals surface area contributed by atoms with Gasteiger partial charge in [-0.2, -0.15) is 0 Å². The van der Waals surface area contributed by atoms with Gasteiger partial charge in [-0.1, -0.05) is 26.0 Å². The fourth-order valence-electron chi connectivity index (χ4n) is 5.83. The normalized spacial score (nSPS) is 12.8. The maximum absolute atomic E-state index is 14.4. The maximum atomic E-state index is 14.4. The number of anilines is 1. The molecule has 5 N–H and O–H groups in total. The first-order chi connectivity index (χ1) is 23.3. The fourth-order valence-corrected chi connectivity index (χ4v) is 6.38. The summed E-state index contributed by atoms with van der Waals surface area (Å²) in [6.45, 7) is 4.80. The summed E-state index contributed by atoms with van der Waals surface area (Å²) in [5.74, 6) is -3.88. The highest BCUT2D eigenvalue weighted by Crippen LogP contribution is 2.35. The van der Waals surface area contributed by atoms with E-state index in [9.17, 15) is 31.9 Å². The Hall–Kier alpha value is -4.66. The number of hydrogen-bond acceptors (Lipinski definition) is 8. The number of rotatable bonds is 17. The van der Waals surface area contributed by atoms with Crippen LogP contribution in [0.15, 0.2) is 71.5 Å². The molecule has 4 aromatic rings. The van der Waals surface area contributed by atoms with Crippen molar-refractivity contribution < 1.29 is 36.3 Å². The highest BCUT2D eigenvalue weighted by Gasteiger charge is 2.33. The van der Waals surface area contributed by atoms with Gasteiger partial charge in [-0.05, 0) is 72.4 Å². The molecule has 14 heteroatoms. The van der Waals surface area contributed by atoms with Crippen molar-refractivity contribution in [1.82, 2.24) is 15.2 Å². The van der Waals surface area contributed by atoms with E-state index < -0.39 is 45.5 Å². The molecule has 1 heterocycles. The average Bonchev–Trinajstić information content (AvgIpc) is 3.57. The lowest BCUT2D eigenvalue weighted by Gasteiger charge is -2.30. The van der Waals surface area contributed by atoms with Crippen molar-refractivity contribution in [3.8, 4) is 11.5 Å². The Balaban J connectivity index is 1.82. The molecule has 0 spiro atoms. The van der Waals surface area contributed by atoms with Crippen LogP contribution in [0.25, 0.3) is 11.5 Å². The van der Waals surface area contributed by atoms with Crippen LogP contribution in [0.5, 0.6) is 0 Å². The van der Waals surface area contributed by atoms with Crippen molar-refractivity contribution in [2.24, 2.45) is 5.73 Å². The van der Waals surface area contributed by atoms with E-state index in [2.05, 4.69) is 15.0 Å². The Kier molecular flexibility index (Phi) is 12.6. The molecule has 0 aliphatic rings. The summed E-state index contributed by atoms with van der Waals surface area (Å²) in [7, 11) is -3.50. The third-order valence-corrected chi connectivity index (χ3v) is 8.36. The zero-order valence-electron chi connectivity index (χ0n) is 27.6. The molecule has 0 saturated heterocycles. The molecule has 0 bridgehead atoms. The quantitative estimate of drug-likeness (QED) is 0.122. The lowest BCUT2D eigenvalue weighted by Crippen LogP contribution is -2.37. The maximum Gasteiger partial charge on any atom is 0.254 e. The van der Waals surface area contributed by atoms with Crippen molar-refractivity contribution in [2.75, 3.05) is 30.6 Å². The third-order valence-electron chi connectivity index (χ3n) is 7.76. The molecule has 0 fully saturated rings. The molecular formula is C35H41F2N5O6S. The van der Waals surface area contributed by atoms with Crippen LogP contribution < -0.4 is 15.8 Å². The summed E-state index contributed by atoms with van der Waals surface area (Å²) < 4.78 is 60.1. The van der Waals surface area contributed by atoms with E-state index >= 15 is 0 Å². The van der Waals surface area contributed by atoms with Crippen LogP contribution in [0, 0.1) is 11.6 Å². The van der Waals surface area contributed by atoms with Gasteiger partial charge in [0, 0.05) is 60.5 Å². The summed E-state index contributed by atoms with van der Waals surface area (Å²) in [5, 5.41) is 14.9. The second kappa shape index (κ2) is 16.6. The minimum atomic E-state index is -3.50. The van der Waals surface area contributed by atoms with Crippen LogP contribution in [-0.4, -0.2) is 67.2 Å². The van der Waals surface area contributed by atoms with Crippen molar-refractivity contribution in [2.45, 2.75) is 51.7 Å². The standard InChI is InChI=1S/C35H41F2N5O6S/c1-4-10-42(11-5-2)35(45)30-18-24(34-40-9-12-48-34)17-29(33(38)44)32(30)28(16-23-13-25(36)19-26(37)14-23)31(43)21-39-20-22-7-6-8-27(15-22)41-49(3,46)47/h6-9,12-15,17-19,28,31,39,41,43H,4-5,10-11,16,20-21H2,1-3H3,(H2,38,44)/t28-,31+/m1/s1. The molecule has 262 valence electrons. The van der Waals surface area contributed by atoms with Crippen molar-refractivity contribution >= 4 is 27.5 Å². The van der Waals surface area contributed by atoms with Crippen LogP contribution >= 0.6 is 0 Å². The van der Waals surface area contributed by atoms with E-state index in [4.69, 9.17) is 10.2 Å². The number of aliphatic hydroxyl groups is 1. The Morgan fingerprint density at radius 3 is 2.27 bits per heavy atom. The molecule has 0 aliphatic carbocycles. The molecule has 0 aliphatic heterocycles. The minimum Gasteiger partial charge on any atom is -0.445 e. The summed E-state index contributed by atoms with van der Waals surface area (Å²) in [5.41, 5.74) is 7.61. The number of aliphatic hydroxyl groups excluding tert-OH is 1. The number of primary amides is 1. The number of amides is 2. The van der Waals surface area contributed by atoms with Gasteiger partial charge in [0.15, 0.2) is 0 Å². The molecule has 4 rings (SSSR count). The van der Waals surface area contributed by atoms with E-state index in [0.717, 1.165) is 24.5 Å². The number of oxazole rings is 1. The van der Waals surface area contributed by atoms with E-state index in [1.165, 1.54) is 24.6 Å². The Morgan fingerprint density at radius 2 is 1.67 bits per heavy atom. The van der Waals surface area contributed by atoms with Crippen LogP contribution in [-0.2, 0) is 23.0 Å². The van der Waals surface area contributed by atoms with E-state index in [1.54, 1.807) is 29.2 Å². The number of carbonyl (C=O) groups excluding carboxylic acids is 2. The first kappa shape index (κ1) is 37.2. The number of halogens is 2. The number of sulfonamides is 1. The fraction of sp³-hybridized carbons (Fsp3) is 0.343. The molecule has 1 aromatic heterocycles.